The van der Waals surface area contributed by atoms with Gasteiger partial charge in [0.2, 0.25) is 0 Å². The molecule has 0 aliphatic heterocycles. The molecule has 0 saturated heterocycles. The van der Waals surface area contributed by atoms with Crippen molar-refractivity contribution in [1.82, 2.24) is 4.90 Å². The Kier molecular flexibility index (Phi) is 2.72. The maximum atomic E-state index is 2.37. The number of rotatable bonds is 2. The summed E-state index contributed by atoms with van der Waals surface area (Å²) in [7, 11) is 4.39. The van der Waals surface area contributed by atoms with Crippen molar-refractivity contribution >= 4 is 0 Å². The second kappa shape index (κ2) is 3.38. The van der Waals surface area contributed by atoms with E-state index in [1.165, 1.54) is 25.7 Å². The standard InChI is InChI=1S/C9H19N/c1-4-8-5-6-9(7-8)10(2)3/h8-9H,4-7H2,1-3H3/t8-,9-/m1/s1. The van der Waals surface area contributed by atoms with Gasteiger partial charge < -0.3 is 4.90 Å². The number of nitrogens with zero attached hydrogens (tertiary/aromatic N) is 1. The van der Waals surface area contributed by atoms with Gasteiger partial charge in [-0.1, -0.05) is 13.3 Å². The minimum absolute atomic E-state index is 0.880. The minimum atomic E-state index is 0.880. The van der Waals surface area contributed by atoms with E-state index in [0.29, 0.717) is 0 Å². The number of hydrogen-bond donors (Lipinski definition) is 0. The molecular formula is C9H19N. The third kappa shape index (κ3) is 1.72. The summed E-state index contributed by atoms with van der Waals surface area (Å²) in [6.07, 6.45) is 5.69. The molecule has 1 saturated carbocycles. The van der Waals surface area contributed by atoms with Crippen LogP contribution in [-0.2, 0) is 0 Å². The van der Waals surface area contributed by atoms with Crippen LogP contribution >= 0.6 is 0 Å². The summed E-state index contributed by atoms with van der Waals surface area (Å²) < 4.78 is 0. The Morgan fingerprint density at radius 1 is 1.30 bits per heavy atom. The van der Waals surface area contributed by atoms with Gasteiger partial charge >= 0.3 is 0 Å². The van der Waals surface area contributed by atoms with Gasteiger partial charge in [-0.05, 0) is 39.3 Å². The molecule has 0 amide bonds. The van der Waals surface area contributed by atoms with Crippen LogP contribution in [0.4, 0.5) is 0 Å². The quantitative estimate of drug-likeness (QED) is 0.569. The Morgan fingerprint density at radius 2 is 2.00 bits per heavy atom. The molecule has 0 spiro atoms. The molecule has 0 radical (unpaired) electrons. The summed E-state index contributed by atoms with van der Waals surface area (Å²) >= 11 is 0. The second-order valence-electron chi connectivity index (χ2n) is 3.70. The molecule has 0 aromatic carbocycles. The molecule has 1 aliphatic carbocycles. The van der Waals surface area contributed by atoms with Gasteiger partial charge in [0.15, 0.2) is 0 Å². The fourth-order valence-corrected chi connectivity index (χ4v) is 1.89. The highest BCUT2D eigenvalue weighted by atomic mass is 15.1. The van der Waals surface area contributed by atoms with Crippen molar-refractivity contribution in [1.29, 1.82) is 0 Å². The van der Waals surface area contributed by atoms with Crippen LogP contribution in [0, 0.1) is 5.92 Å². The summed E-state index contributed by atoms with van der Waals surface area (Å²) in [5.74, 6) is 1.02. The van der Waals surface area contributed by atoms with E-state index in [1.807, 2.05) is 0 Å². The van der Waals surface area contributed by atoms with E-state index in [9.17, 15) is 0 Å². The van der Waals surface area contributed by atoms with E-state index >= 15 is 0 Å². The molecule has 0 unspecified atom stereocenters. The topological polar surface area (TPSA) is 3.24 Å². The number of hydrogen-bond acceptors (Lipinski definition) is 1. The Hall–Kier alpha value is -0.0400. The van der Waals surface area contributed by atoms with Gasteiger partial charge in [0.05, 0.1) is 0 Å². The van der Waals surface area contributed by atoms with Crippen molar-refractivity contribution in [3.8, 4) is 0 Å². The van der Waals surface area contributed by atoms with E-state index in [1.54, 1.807) is 0 Å². The average molecular weight is 141 g/mol. The van der Waals surface area contributed by atoms with Crippen molar-refractivity contribution in [2.45, 2.75) is 38.6 Å². The Bertz CT molecular complexity index is 98.9. The zero-order chi connectivity index (χ0) is 7.56. The molecule has 10 heavy (non-hydrogen) atoms. The third-order valence-electron chi connectivity index (χ3n) is 2.82. The van der Waals surface area contributed by atoms with Gasteiger partial charge in [-0.2, -0.15) is 0 Å². The molecule has 60 valence electrons. The van der Waals surface area contributed by atoms with Gasteiger partial charge in [-0.25, -0.2) is 0 Å². The molecule has 2 atom stereocenters. The van der Waals surface area contributed by atoms with E-state index in [-0.39, 0.29) is 0 Å². The Labute approximate surface area is 64.4 Å². The van der Waals surface area contributed by atoms with E-state index in [0.717, 1.165) is 12.0 Å². The lowest BCUT2D eigenvalue weighted by Crippen LogP contribution is -2.24. The van der Waals surface area contributed by atoms with Gasteiger partial charge in [-0.3, -0.25) is 0 Å². The van der Waals surface area contributed by atoms with Crippen LogP contribution in [0.2, 0.25) is 0 Å². The highest BCUT2D eigenvalue weighted by molar-refractivity contribution is 4.79. The van der Waals surface area contributed by atoms with Gasteiger partial charge in [0.25, 0.3) is 0 Å². The lowest BCUT2D eigenvalue weighted by molar-refractivity contribution is 0.290. The predicted molar refractivity (Wildman–Crippen MR) is 45.1 cm³/mol. The summed E-state index contributed by atoms with van der Waals surface area (Å²) in [6.45, 7) is 2.31. The molecule has 0 aromatic heterocycles. The van der Waals surface area contributed by atoms with Gasteiger partial charge in [0.1, 0.15) is 0 Å². The van der Waals surface area contributed by atoms with Crippen LogP contribution in [0.5, 0.6) is 0 Å². The van der Waals surface area contributed by atoms with Crippen LogP contribution in [0.15, 0.2) is 0 Å². The van der Waals surface area contributed by atoms with Gasteiger partial charge in [-0.15, -0.1) is 0 Å². The third-order valence-corrected chi connectivity index (χ3v) is 2.82. The van der Waals surface area contributed by atoms with Crippen molar-refractivity contribution in [3.05, 3.63) is 0 Å². The fourth-order valence-electron chi connectivity index (χ4n) is 1.89. The van der Waals surface area contributed by atoms with Crippen molar-refractivity contribution in [3.63, 3.8) is 0 Å². The molecule has 0 bridgehead atoms. The first-order chi connectivity index (χ1) is 4.74. The SMILES string of the molecule is CC[C@@H]1CC[C@@H](N(C)C)C1. The molecule has 1 nitrogen and oxygen atoms in total. The van der Waals surface area contributed by atoms with Crippen LogP contribution in [0.3, 0.4) is 0 Å². The Balaban J connectivity index is 2.28. The first-order valence-electron chi connectivity index (χ1n) is 4.40. The van der Waals surface area contributed by atoms with Crippen LogP contribution in [0.1, 0.15) is 32.6 Å². The van der Waals surface area contributed by atoms with Gasteiger partial charge in [0, 0.05) is 6.04 Å². The molecule has 0 aromatic rings. The molecule has 1 aliphatic rings. The molecule has 1 fully saturated rings. The summed E-state index contributed by atoms with van der Waals surface area (Å²) in [6, 6.07) is 0.880. The zero-order valence-electron chi connectivity index (χ0n) is 7.43. The molecular weight excluding hydrogens is 122 g/mol. The molecule has 1 heteroatoms. The maximum absolute atomic E-state index is 2.37. The normalized spacial score (nSPS) is 33.6. The molecule has 0 heterocycles. The molecule has 0 N–H and O–H groups in total. The fraction of sp³-hybridized carbons (Fsp3) is 1.00. The first kappa shape index (κ1) is 8.06. The average Bonchev–Trinajstić information content (AvgIpc) is 2.34. The van der Waals surface area contributed by atoms with E-state index < -0.39 is 0 Å². The van der Waals surface area contributed by atoms with Crippen molar-refractivity contribution in [2.75, 3.05) is 14.1 Å². The lowest BCUT2D eigenvalue weighted by Gasteiger charge is -2.18. The minimum Gasteiger partial charge on any atom is -0.306 e. The highest BCUT2D eigenvalue weighted by Gasteiger charge is 2.24. The molecule has 1 rings (SSSR count). The second-order valence-corrected chi connectivity index (χ2v) is 3.70. The Morgan fingerprint density at radius 3 is 2.30 bits per heavy atom. The van der Waals surface area contributed by atoms with Crippen LogP contribution in [-0.4, -0.2) is 25.0 Å². The maximum Gasteiger partial charge on any atom is 0.00919 e. The highest BCUT2D eigenvalue weighted by Crippen LogP contribution is 2.29. The lowest BCUT2D eigenvalue weighted by atomic mass is 10.1. The van der Waals surface area contributed by atoms with Crippen LogP contribution < -0.4 is 0 Å². The van der Waals surface area contributed by atoms with Crippen molar-refractivity contribution in [2.24, 2.45) is 5.92 Å². The summed E-state index contributed by atoms with van der Waals surface area (Å²) in [4.78, 5) is 2.37. The van der Waals surface area contributed by atoms with Crippen molar-refractivity contribution < 1.29 is 0 Å². The van der Waals surface area contributed by atoms with E-state index in [4.69, 9.17) is 0 Å². The van der Waals surface area contributed by atoms with E-state index in [2.05, 4.69) is 25.9 Å². The first-order valence-corrected chi connectivity index (χ1v) is 4.40. The smallest absolute Gasteiger partial charge is 0.00919 e. The summed E-state index contributed by atoms with van der Waals surface area (Å²) in [5.41, 5.74) is 0. The predicted octanol–water partition coefficient (Wildman–Crippen LogP) is 2.13. The zero-order valence-corrected chi connectivity index (χ0v) is 7.43. The van der Waals surface area contributed by atoms with Crippen LogP contribution in [0.25, 0.3) is 0 Å². The largest absolute Gasteiger partial charge is 0.306 e. The summed E-state index contributed by atoms with van der Waals surface area (Å²) in [5, 5.41) is 0. The monoisotopic (exact) mass is 141 g/mol.